The lowest BCUT2D eigenvalue weighted by Gasteiger charge is -2.32. The highest BCUT2D eigenvalue weighted by molar-refractivity contribution is 5.66. The molecule has 134 valence electrons. The molecule has 0 aromatic rings. The zero-order valence-electron chi connectivity index (χ0n) is 16.4. The van der Waals surface area contributed by atoms with Gasteiger partial charge in [0.05, 0.1) is 0 Å². The maximum absolute atomic E-state index is 10.7. The van der Waals surface area contributed by atoms with Gasteiger partial charge in [0.25, 0.3) is 0 Å². The van der Waals surface area contributed by atoms with Crippen LogP contribution < -0.4 is 0 Å². The molecule has 1 aliphatic carbocycles. The smallest absolute Gasteiger partial charge is 0.302 e. The highest BCUT2D eigenvalue weighted by Crippen LogP contribution is 2.40. The number of esters is 1. The molecule has 0 aromatic carbocycles. The Morgan fingerprint density at radius 3 is 2.54 bits per heavy atom. The third-order valence-corrected chi connectivity index (χ3v) is 4.78. The van der Waals surface area contributed by atoms with Gasteiger partial charge >= 0.3 is 5.97 Å². The average molecular weight is 331 g/mol. The summed E-state index contributed by atoms with van der Waals surface area (Å²) in [5.41, 5.74) is 5.93. The third kappa shape index (κ3) is 7.33. The second-order valence-electron chi connectivity index (χ2n) is 7.60. The van der Waals surface area contributed by atoms with Crippen LogP contribution in [-0.2, 0) is 9.53 Å². The van der Waals surface area contributed by atoms with Gasteiger partial charge in [-0.05, 0) is 69.9 Å². The summed E-state index contributed by atoms with van der Waals surface area (Å²) in [4.78, 5) is 10.7. The molecule has 0 saturated carbocycles. The van der Waals surface area contributed by atoms with E-state index in [9.17, 15) is 4.79 Å². The SMILES string of the molecule is CC(=O)OC/C=C(\C)CC/C=C(C)/C=C/C1=C(C)CCCC1(C)C. The number of allylic oxidation sites excluding steroid dienone is 7. The molecule has 0 amide bonds. The van der Waals surface area contributed by atoms with Crippen LogP contribution in [0.4, 0.5) is 0 Å². The van der Waals surface area contributed by atoms with Crippen LogP contribution in [0.2, 0.25) is 0 Å². The number of carbonyl (C=O) groups excluding carboxylic acids is 1. The van der Waals surface area contributed by atoms with Crippen molar-refractivity contribution in [2.24, 2.45) is 5.41 Å². The first-order valence-electron chi connectivity index (χ1n) is 9.06. The van der Waals surface area contributed by atoms with E-state index < -0.39 is 0 Å². The van der Waals surface area contributed by atoms with Gasteiger partial charge in [-0.1, -0.05) is 48.8 Å². The van der Waals surface area contributed by atoms with Crippen molar-refractivity contribution in [1.82, 2.24) is 0 Å². The molecule has 1 rings (SSSR count). The fraction of sp³-hybridized carbons (Fsp3) is 0.591. The second kappa shape index (κ2) is 9.66. The molecular weight excluding hydrogens is 296 g/mol. The first kappa shape index (κ1) is 20.5. The van der Waals surface area contributed by atoms with Gasteiger partial charge in [-0.3, -0.25) is 4.79 Å². The van der Waals surface area contributed by atoms with Crippen molar-refractivity contribution in [3.8, 4) is 0 Å². The predicted octanol–water partition coefficient (Wildman–Crippen LogP) is 6.31. The van der Waals surface area contributed by atoms with E-state index in [-0.39, 0.29) is 5.97 Å². The van der Waals surface area contributed by atoms with Crippen LogP contribution in [0.1, 0.15) is 73.6 Å². The van der Waals surface area contributed by atoms with Crippen LogP contribution in [0.25, 0.3) is 0 Å². The van der Waals surface area contributed by atoms with Crippen molar-refractivity contribution in [1.29, 1.82) is 0 Å². The molecule has 0 spiro atoms. The third-order valence-electron chi connectivity index (χ3n) is 4.78. The molecule has 0 N–H and O–H groups in total. The van der Waals surface area contributed by atoms with Crippen LogP contribution >= 0.6 is 0 Å². The van der Waals surface area contributed by atoms with E-state index in [0.717, 1.165) is 12.8 Å². The highest BCUT2D eigenvalue weighted by atomic mass is 16.5. The Kier molecular flexibility index (Phi) is 8.24. The number of hydrogen-bond acceptors (Lipinski definition) is 2. The van der Waals surface area contributed by atoms with E-state index in [0.29, 0.717) is 12.0 Å². The summed E-state index contributed by atoms with van der Waals surface area (Å²) in [7, 11) is 0. The maximum atomic E-state index is 10.7. The van der Waals surface area contributed by atoms with Gasteiger partial charge in [-0.2, -0.15) is 0 Å². The molecule has 0 saturated heterocycles. The zero-order valence-corrected chi connectivity index (χ0v) is 16.4. The lowest BCUT2D eigenvalue weighted by atomic mass is 9.72. The summed E-state index contributed by atoms with van der Waals surface area (Å²) in [5, 5.41) is 0. The van der Waals surface area contributed by atoms with Crippen molar-refractivity contribution in [3.05, 3.63) is 46.6 Å². The van der Waals surface area contributed by atoms with Crippen LogP contribution in [0.15, 0.2) is 46.6 Å². The number of hydrogen-bond donors (Lipinski definition) is 0. The number of ether oxygens (including phenoxy) is 1. The minimum Gasteiger partial charge on any atom is -0.462 e. The Morgan fingerprint density at radius 1 is 1.21 bits per heavy atom. The van der Waals surface area contributed by atoms with Crippen LogP contribution in [0, 0.1) is 5.41 Å². The molecule has 0 aromatic heterocycles. The van der Waals surface area contributed by atoms with Crippen molar-refractivity contribution in [3.63, 3.8) is 0 Å². The molecule has 0 atom stereocenters. The topological polar surface area (TPSA) is 26.3 Å². The zero-order chi connectivity index (χ0) is 18.2. The fourth-order valence-electron chi connectivity index (χ4n) is 3.22. The minimum absolute atomic E-state index is 0.227. The van der Waals surface area contributed by atoms with Gasteiger partial charge in [-0.25, -0.2) is 0 Å². The monoisotopic (exact) mass is 330 g/mol. The molecule has 24 heavy (non-hydrogen) atoms. The van der Waals surface area contributed by atoms with Gasteiger partial charge in [-0.15, -0.1) is 0 Å². The minimum atomic E-state index is -0.227. The molecule has 0 aliphatic heterocycles. The van der Waals surface area contributed by atoms with E-state index in [1.807, 2.05) is 6.08 Å². The molecular formula is C22H34O2. The van der Waals surface area contributed by atoms with Crippen molar-refractivity contribution < 1.29 is 9.53 Å². The van der Waals surface area contributed by atoms with Crippen molar-refractivity contribution >= 4 is 5.97 Å². The standard InChI is InChI=1S/C22H34O2/c1-17(9-7-10-18(2)14-16-24-20(4)23)12-13-21-19(3)11-8-15-22(21,5)6/h9,12-14H,7-8,10-11,15-16H2,1-6H3/b13-12+,17-9+,18-14+. The Labute approximate surface area is 148 Å². The molecule has 0 unspecified atom stereocenters. The Hall–Kier alpha value is -1.57. The van der Waals surface area contributed by atoms with Gasteiger partial charge in [0.2, 0.25) is 0 Å². The molecule has 0 fully saturated rings. The van der Waals surface area contributed by atoms with Crippen LogP contribution in [0.5, 0.6) is 0 Å². The van der Waals surface area contributed by atoms with Crippen LogP contribution in [0.3, 0.4) is 0 Å². The second-order valence-corrected chi connectivity index (χ2v) is 7.60. The molecule has 2 heteroatoms. The largest absolute Gasteiger partial charge is 0.462 e. The maximum Gasteiger partial charge on any atom is 0.302 e. The van der Waals surface area contributed by atoms with Gasteiger partial charge in [0, 0.05) is 6.92 Å². The van der Waals surface area contributed by atoms with E-state index in [1.165, 1.54) is 42.9 Å². The first-order chi connectivity index (χ1) is 11.2. The van der Waals surface area contributed by atoms with Crippen molar-refractivity contribution in [2.45, 2.75) is 73.6 Å². The number of carbonyl (C=O) groups is 1. The Morgan fingerprint density at radius 2 is 1.92 bits per heavy atom. The molecule has 0 radical (unpaired) electrons. The molecule has 1 aliphatic rings. The van der Waals surface area contributed by atoms with E-state index in [4.69, 9.17) is 4.74 Å². The summed E-state index contributed by atoms with van der Waals surface area (Å²) < 4.78 is 4.93. The lowest BCUT2D eigenvalue weighted by Crippen LogP contribution is -2.19. The normalized spacial score (nSPS) is 19.1. The first-order valence-corrected chi connectivity index (χ1v) is 9.06. The van der Waals surface area contributed by atoms with Gasteiger partial charge < -0.3 is 4.74 Å². The van der Waals surface area contributed by atoms with Gasteiger partial charge in [0.15, 0.2) is 0 Å². The fourth-order valence-corrected chi connectivity index (χ4v) is 3.22. The van der Waals surface area contributed by atoms with E-state index >= 15 is 0 Å². The Balaban J connectivity index is 2.54. The summed E-state index contributed by atoms with van der Waals surface area (Å²) in [6, 6.07) is 0. The summed E-state index contributed by atoms with van der Waals surface area (Å²) >= 11 is 0. The Bertz CT molecular complexity index is 557. The lowest BCUT2D eigenvalue weighted by molar-refractivity contribution is -0.139. The molecule has 0 bridgehead atoms. The van der Waals surface area contributed by atoms with Crippen molar-refractivity contribution in [2.75, 3.05) is 6.61 Å². The molecule has 2 nitrogen and oxygen atoms in total. The van der Waals surface area contributed by atoms with Gasteiger partial charge in [0.1, 0.15) is 6.61 Å². The van der Waals surface area contributed by atoms with E-state index in [2.05, 4.69) is 52.8 Å². The summed E-state index contributed by atoms with van der Waals surface area (Å²) in [6.07, 6.45) is 14.7. The highest BCUT2D eigenvalue weighted by Gasteiger charge is 2.26. The predicted molar refractivity (Wildman–Crippen MR) is 103 cm³/mol. The molecule has 0 heterocycles. The average Bonchev–Trinajstić information content (AvgIpc) is 2.45. The summed E-state index contributed by atoms with van der Waals surface area (Å²) in [5.74, 6) is -0.227. The summed E-state index contributed by atoms with van der Waals surface area (Å²) in [6.45, 7) is 13.0. The van der Waals surface area contributed by atoms with E-state index in [1.54, 1.807) is 5.57 Å². The quantitative estimate of drug-likeness (QED) is 0.311. The van der Waals surface area contributed by atoms with Crippen LogP contribution in [-0.4, -0.2) is 12.6 Å². The number of rotatable bonds is 7.